The molecule has 0 spiro atoms. The number of carbonyl (C=O) groups is 2. The Labute approximate surface area is 171 Å². The number of oxazole rings is 1. The average Bonchev–Trinajstić information content (AvgIpc) is 3.38. The van der Waals surface area contributed by atoms with Gasteiger partial charge in [-0.25, -0.2) is 9.97 Å². The smallest absolute Gasteiger partial charge is 0.301 e. The molecule has 0 unspecified atom stereocenters. The molecule has 10 heteroatoms. The van der Waals surface area contributed by atoms with Gasteiger partial charge in [-0.2, -0.15) is 11.3 Å². The van der Waals surface area contributed by atoms with Gasteiger partial charge < -0.3 is 14.5 Å². The molecule has 150 valence electrons. The maximum atomic E-state index is 11.7. The van der Waals surface area contributed by atoms with Crippen LogP contribution in [0.1, 0.15) is 30.2 Å². The SMILES string of the molecule is CC(C)c1cnc(NC(=O)Cc2ccsc2)s1.COCC(=O)Nc1ncco1. The number of carbonyl (C=O) groups excluding carboxylic acids is 2. The van der Waals surface area contributed by atoms with Crippen LogP contribution in [-0.2, 0) is 20.7 Å². The van der Waals surface area contributed by atoms with Crippen molar-refractivity contribution < 1.29 is 18.7 Å². The summed E-state index contributed by atoms with van der Waals surface area (Å²) in [5, 5.41) is 9.86. The quantitative estimate of drug-likeness (QED) is 0.600. The van der Waals surface area contributed by atoms with Crippen LogP contribution in [0.4, 0.5) is 11.1 Å². The summed E-state index contributed by atoms with van der Waals surface area (Å²) in [5.41, 5.74) is 1.05. The van der Waals surface area contributed by atoms with Crippen molar-refractivity contribution >= 4 is 45.6 Å². The Morgan fingerprint density at radius 3 is 2.64 bits per heavy atom. The molecule has 0 fully saturated rings. The van der Waals surface area contributed by atoms with Gasteiger partial charge in [0.15, 0.2) is 5.13 Å². The molecule has 28 heavy (non-hydrogen) atoms. The van der Waals surface area contributed by atoms with Crippen molar-refractivity contribution in [1.29, 1.82) is 0 Å². The van der Waals surface area contributed by atoms with E-state index >= 15 is 0 Å². The maximum Gasteiger partial charge on any atom is 0.301 e. The van der Waals surface area contributed by atoms with Crippen molar-refractivity contribution in [1.82, 2.24) is 9.97 Å². The second-order valence-corrected chi connectivity index (χ2v) is 7.74. The largest absolute Gasteiger partial charge is 0.432 e. The number of thiophene rings is 1. The molecule has 3 heterocycles. The predicted octanol–water partition coefficient (Wildman–Crippen LogP) is 3.77. The molecule has 3 aromatic heterocycles. The fraction of sp³-hybridized carbons (Fsp3) is 0.333. The van der Waals surface area contributed by atoms with E-state index in [1.807, 2.05) is 23.0 Å². The number of nitrogens with zero attached hydrogens (tertiary/aromatic N) is 2. The van der Waals surface area contributed by atoms with E-state index in [9.17, 15) is 9.59 Å². The van der Waals surface area contributed by atoms with Gasteiger partial charge in [0.2, 0.25) is 5.91 Å². The fourth-order valence-electron chi connectivity index (χ4n) is 1.93. The Bertz CT molecular complexity index is 845. The van der Waals surface area contributed by atoms with Crippen LogP contribution in [0.5, 0.6) is 0 Å². The molecular weight excluding hydrogens is 400 g/mol. The van der Waals surface area contributed by atoms with E-state index < -0.39 is 0 Å². The molecule has 3 rings (SSSR count). The van der Waals surface area contributed by atoms with Crippen LogP contribution >= 0.6 is 22.7 Å². The summed E-state index contributed by atoms with van der Waals surface area (Å²) in [6.45, 7) is 4.23. The van der Waals surface area contributed by atoms with E-state index in [4.69, 9.17) is 4.42 Å². The van der Waals surface area contributed by atoms with Crippen molar-refractivity contribution in [3.8, 4) is 0 Å². The molecule has 3 aromatic rings. The summed E-state index contributed by atoms with van der Waals surface area (Å²) in [7, 11) is 1.44. The molecule has 8 nitrogen and oxygen atoms in total. The Balaban J connectivity index is 0.000000221. The van der Waals surface area contributed by atoms with E-state index in [0.717, 1.165) is 5.56 Å². The predicted molar refractivity (Wildman–Crippen MR) is 110 cm³/mol. The zero-order valence-electron chi connectivity index (χ0n) is 15.8. The first kappa shape index (κ1) is 21.7. The number of hydrogen-bond acceptors (Lipinski definition) is 8. The Morgan fingerprint density at radius 1 is 1.25 bits per heavy atom. The van der Waals surface area contributed by atoms with Crippen molar-refractivity contribution in [3.63, 3.8) is 0 Å². The highest BCUT2D eigenvalue weighted by molar-refractivity contribution is 7.15. The fourth-order valence-corrected chi connectivity index (χ4v) is 3.43. The molecule has 0 radical (unpaired) electrons. The Morgan fingerprint density at radius 2 is 2.07 bits per heavy atom. The number of ether oxygens (including phenoxy) is 1. The van der Waals surface area contributed by atoms with Crippen LogP contribution in [-0.4, -0.2) is 35.5 Å². The molecule has 0 bridgehead atoms. The highest BCUT2D eigenvalue weighted by atomic mass is 32.1. The van der Waals surface area contributed by atoms with E-state index in [1.165, 1.54) is 24.4 Å². The summed E-state index contributed by atoms with van der Waals surface area (Å²) in [4.78, 5) is 31.6. The van der Waals surface area contributed by atoms with Gasteiger partial charge in [-0.3, -0.25) is 14.9 Å². The van der Waals surface area contributed by atoms with Gasteiger partial charge >= 0.3 is 6.01 Å². The number of methoxy groups -OCH3 is 1. The number of hydrogen-bond donors (Lipinski definition) is 2. The molecular formula is C18H22N4O4S2. The zero-order chi connectivity index (χ0) is 20.4. The monoisotopic (exact) mass is 422 g/mol. The number of aromatic nitrogens is 2. The molecule has 0 aliphatic rings. The van der Waals surface area contributed by atoms with Crippen molar-refractivity contribution in [2.45, 2.75) is 26.2 Å². The lowest BCUT2D eigenvalue weighted by Gasteiger charge is -2.00. The van der Waals surface area contributed by atoms with Gasteiger partial charge in [0, 0.05) is 18.2 Å². The maximum absolute atomic E-state index is 11.7. The van der Waals surface area contributed by atoms with Crippen LogP contribution < -0.4 is 10.6 Å². The first-order valence-corrected chi connectivity index (χ1v) is 10.2. The van der Waals surface area contributed by atoms with Gasteiger partial charge in [0.25, 0.3) is 5.91 Å². The van der Waals surface area contributed by atoms with Gasteiger partial charge in [-0.05, 0) is 28.3 Å². The van der Waals surface area contributed by atoms with E-state index in [-0.39, 0.29) is 24.4 Å². The molecule has 0 saturated heterocycles. The third kappa shape index (κ3) is 7.59. The molecule has 0 saturated carbocycles. The van der Waals surface area contributed by atoms with E-state index in [1.54, 1.807) is 22.7 Å². The van der Waals surface area contributed by atoms with Crippen molar-refractivity contribution in [2.75, 3.05) is 24.4 Å². The average molecular weight is 423 g/mol. The minimum absolute atomic E-state index is 0.00236. The van der Waals surface area contributed by atoms with E-state index in [0.29, 0.717) is 17.5 Å². The standard InChI is InChI=1S/C12H14N2OS2.C6H8N2O3/c1-8(2)10-6-13-12(17-10)14-11(15)5-9-3-4-16-7-9;1-10-4-5(9)8-6-7-2-3-11-6/h3-4,6-8H,5H2,1-2H3,(H,13,14,15);2-3H,4H2,1H3,(H,7,8,9). The van der Waals surface area contributed by atoms with Crippen LogP contribution in [0.25, 0.3) is 0 Å². The summed E-state index contributed by atoms with van der Waals surface area (Å²) < 4.78 is 9.32. The third-order valence-electron chi connectivity index (χ3n) is 3.24. The second-order valence-electron chi connectivity index (χ2n) is 5.90. The molecule has 0 aliphatic carbocycles. The second kappa shape index (κ2) is 11.3. The highest BCUT2D eigenvalue weighted by Crippen LogP contribution is 2.25. The Kier molecular flexibility index (Phi) is 8.79. The lowest BCUT2D eigenvalue weighted by molar-refractivity contribution is -0.119. The zero-order valence-corrected chi connectivity index (χ0v) is 17.4. The van der Waals surface area contributed by atoms with Crippen LogP contribution in [0, 0.1) is 0 Å². The third-order valence-corrected chi connectivity index (χ3v) is 5.18. The first-order valence-electron chi connectivity index (χ1n) is 8.42. The van der Waals surface area contributed by atoms with Crippen LogP contribution in [0.15, 0.2) is 39.9 Å². The Hall–Kier alpha value is -2.56. The number of thiazole rings is 1. The minimum atomic E-state index is -0.282. The summed E-state index contributed by atoms with van der Waals surface area (Å²) in [6, 6.07) is 2.15. The molecule has 2 amide bonds. The lowest BCUT2D eigenvalue weighted by atomic mass is 10.2. The van der Waals surface area contributed by atoms with Crippen molar-refractivity contribution in [2.24, 2.45) is 0 Å². The molecule has 0 atom stereocenters. The summed E-state index contributed by atoms with van der Waals surface area (Å²) >= 11 is 3.14. The van der Waals surface area contributed by atoms with Gasteiger partial charge in [-0.15, -0.1) is 11.3 Å². The molecule has 0 aromatic carbocycles. The van der Waals surface area contributed by atoms with Crippen LogP contribution in [0.2, 0.25) is 0 Å². The van der Waals surface area contributed by atoms with E-state index in [2.05, 4.69) is 39.2 Å². The number of amides is 2. The van der Waals surface area contributed by atoms with Gasteiger partial charge in [-0.1, -0.05) is 13.8 Å². The molecule has 0 aliphatic heterocycles. The minimum Gasteiger partial charge on any atom is -0.432 e. The highest BCUT2D eigenvalue weighted by Gasteiger charge is 2.09. The topological polar surface area (TPSA) is 106 Å². The van der Waals surface area contributed by atoms with Gasteiger partial charge in [0.1, 0.15) is 12.9 Å². The number of rotatable bonds is 7. The summed E-state index contributed by atoms with van der Waals surface area (Å²) in [6.07, 6.45) is 5.07. The number of anilines is 2. The summed E-state index contributed by atoms with van der Waals surface area (Å²) in [5.74, 6) is 0.165. The first-order chi connectivity index (χ1) is 13.5. The number of nitrogens with one attached hydrogen (secondary N) is 2. The lowest BCUT2D eigenvalue weighted by Crippen LogP contribution is -2.17. The normalized spacial score (nSPS) is 10.3. The van der Waals surface area contributed by atoms with Gasteiger partial charge in [0.05, 0.1) is 12.6 Å². The molecule has 2 N–H and O–H groups in total. The van der Waals surface area contributed by atoms with Crippen LogP contribution in [0.3, 0.4) is 0 Å². The van der Waals surface area contributed by atoms with Crippen molar-refractivity contribution in [3.05, 3.63) is 45.9 Å².